The van der Waals surface area contributed by atoms with E-state index in [2.05, 4.69) is 34.1 Å². The predicted molar refractivity (Wildman–Crippen MR) is 125 cm³/mol. The Morgan fingerprint density at radius 3 is 1.85 bits per heavy atom. The van der Waals surface area contributed by atoms with Crippen molar-refractivity contribution in [3.05, 3.63) is 65.5 Å². The molecule has 1 aliphatic carbocycles. The molecule has 1 aromatic carbocycles. The summed E-state index contributed by atoms with van der Waals surface area (Å²) in [6, 6.07) is 14.7. The number of morpholine rings is 1. The average molecular weight is 577 g/mol. The second-order valence-electron chi connectivity index (χ2n) is 9.02. The molecule has 2 aromatic rings. The van der Waals surface area contributed by atoms with Crippen LogP contribution < -0.4 is 0 Å². The van der Waals surface area contributed by atoms with E-state index in [4.69, 9.17) is 24.5 Å². The molecule has 0 bridgehead atoms. The number of nitrogens with zero attached hydrogens (tertiary/aromatic N) is 3. The van der Waals surface area contributed by atoms with E-state index < -0.39 is 24.3 Å². The highest BCUT2D eigenvalue weighted by molar-refractivity contribution is 5.92. The number of likely N-dealkylation sites (tertiary alicyclic amines) is 1. The normalized spacial score (nSPS) is 22.1. The summed E-state index contributed by atoms with van der Waals surface area (Å²) in [5.41, 5.74) is 3.42. The highest BCUT2D eigenvalue weighted by Gasteiger charge is 2.49. The van der Waals surface area contributed by atoms with Crippen molar-refractivity contribution in [3.63, 3.8) is 0 Å². The molecule has 3 heterocycles. The number of carbonyl (C=O) groups excluding carboxylic acids is 1. The number of pyridine rings is 1. The van der Waals surface area contributed by atoms with E-state index in [1.807, 2.05) is 23.1 Å². The van der Waals surface area contributed by atoms with Gasteiger partial charge in [0, 0.05) is 50.3 Å². The molecular formula is C25H25F6N3O6. The molecule has 3 atom stereocenters. The van der Waals surface area contributed by atoms with E-state index >= 15 is 0 Å². The Labute approximate surface area is 224 Å². The minimum Gasteiger partial charge on any atom is -0.475 e. The third-order valence-corrected chi connectivity index (χ3v) is 6.58. The number of halogens is 6. The van der Waals surface area contributed by atoms with Gasteiger partial charge in [-0.1, -0.05) is 30.3 Å². The summed E-state index contributed by atoms with van der Waals surface area (Å²) in [5.74, 6) is -4.58. The van der Waals surface area contributed by atoms with E-state index in [0.29, 0.717) is 23.6 Å². The van der Waals surface area contributed by atoms with Crippen molar-refractivity contribution in [2.75, 3.05) is 39.4 Å². The number of ether oxygens (including phenoxy) is 1. The summed E-state index contributed by atoms with van der Waals surface area (Å²) in [7, 11) is 0. The molecule has 0 saturated carbocycles. The number of benzene rings is 1. The first kappa shape index (κ1) is 30.8. The van der Waals surface area contributed by atoms with Crippen LogP contribution in [0.15, 0.2) is 48.7 Å². The number of alkyl halides is 6. The molecule has 2 aliphatic heterocycles. The predicted octanol–water partition coefficient (Wildman–Crippen LogP) is 3.59. The summed E-state index contributed by atoms with van der Waals surface area (Å²) in [6.07, 6.45) is -8.48. The highest BCUT2D eigenvalue weighted by atomic mass is 19.4. The standard InChI is InChI=1S/C21H23N3O2.2C2HF3O2/c25-21(19-7-3-4-8-22-19)24-13-17-15-5-1-2-6-16(15)20(18(17)14-24)23-9-11-26-12-10-23;2*3-2(4,5)1(6)7/h1-8,17-18,20H,9-14H2;2*(H,6,7)/t17-,18-,20-;;/m0../s1. The molecule has 218 valence electrons. The third-order valence-electron chi connectivity index (χ3n) is 6.58. The summed E-state index contributed by atoms with van der Waals surface area (Å²) in [5, 5.41) is 14.2. The molecule has 9 nitrogen and oxygen atoms in total. The maximum atomic E-state index is 12.9. The van der Waals surface area contributed by atoms with Crippen molar-refractivity contribution in [1.29, 1.82) is 0 Å². The van der Waals surface area contributed by atoms with Crippen LogP contribution >= 0.6 is 0 Å². The smallest absolute Gasteiger partial charge is 0.475 e. The lowest BCUT2D eigenvalue weighted by Gasteiger charge is -2.36. The van der Waals surface area contributed by atoms with Crippen LogP contribution in [0.1, 0.15) is 33.6 Å². The van der Waals surface area contributed by atoms with Gasteiger partial charge in [-0.2, -0.15) is 26.3 Å². The quantitative estimate of drug-likeness (QED) is 0.520. The fourth-order valence-electron chi connectivity index (χ4n) is 4.97. The van der Waals surface area contributed by atoms with Gasteiger partial charge in [-0.05, 0) is 23.3 Å². The monoisotopic (exact) mass is 577 g/mol. The Balaban J connectivity index is 0.000000263. The molecule has 3 aliphatic rings. The summed E-state index contributed by atoms with van der Waals surface area (Å²) >= 11 is 0. The van der Waals surface area contributed by atoms with Crippen LogP contribution in [0, 0.1) is 5.92 Å². The number of aromatic nitrogens is 1. The van der Waals surface area contributed by atoms with Crippen LogP contribution in [-0.2, 0) is 14.3 Å². The van der Waals surface area contributed by atoms with Crippen LogP contribution in [0.2, 0.25) is 0 Å². The molecule has 0 spiro atoms. The summed E-state index contributed by atoms with van der Waals surface area (Å²) < 4.78 is 69.0. The van der Waals surface area contributed by atoms with Crippen molar-refractivity contribution in [3.8, 4) is 0 Å². The molecule has 0 radical (unpaired) electrons. The molecular weight excluding hydrogens is 552 g/mol. The molecule has 5 rings (SSSR count). The van der Waals surface area contributed by atoms with Gasteiger partial charge in [-0.25, -0.2) is 9.59 Å². The molecule has 40 heavy (non-hydrogen) atoms. The van der Waals surface area contributed by atoms with Gasteiger partial charge < -0.3 is 19.8 Å². The Morgan fingerprint density at radius 1 is 0.825 bits per heavy atom. The van der Waals surface area contributed by atoms with Gasteiger partial charge >= 0.3 is 24.3 Å². The minimum absolute atomic E-state index is 0.0539. The first-order chi connectivity index (χ1) is 18.7. The van der Waals surface area contributed by atoms with Gasteiger partial charge in [0.25, 0.3) is 5.91 Å². The third kappa shape index (κ3) is 7.47. The molecule has 1 aromatic heterocycles. The lowest BCUT2D eigenvalue weighted by Crippen LogP contribution is -2.42. The molecule has 2 fully saturated rings. The Bertz CT molecular complexity index is 1160. The zero-order chi connectivity index (χ0) is 29.7. The van der Waals surface area contributed by atoms with Gasteiger partial charge in [0.1, 0.15) is 5.69 Å². The number of hydrogen-bond acceptors (Lipinski definition) is 6. The fourth-order valence-corrected chi connectivity index (χ4v) is 4.97. The van der Waals surface area contributed by atoms with E-state index in [0.717, 1.165) is 39.4 Å². The van der Waals surface area contributed by atoms with Gasteiger partial charge in [-0.15, -0.1) is 0 Å². The van der Waals surface area contributed by atoms with Crippen molar-refractivity contribution < 1.29 is 55.7 Å². The first-order valence-corrected chi connectivity index (χ1v) is 11.9. The van der Waals surface area contributed by atoms with Crippen LogP contribution in [0.25, 0.3) is 0 Å². The van der Waals surface area contributed by atoms with Crippen molar-refractivity contribution in [1.82, 2.24) is 14.8 Å². The molecule has 0 unspecified atom stereocenters. The maximum absolute atomic E-state index is 12.9. The first-order valence-electron chi connectivity index (χ1n) is 11.9. The minimum atomic E-state index is -5.08. The molecule has 1 amide bonds. The Kier molecular flexibility index (Phi) is 9.73. The van der Waals surface area contributed by atoms with Crippen LogP contribution in [0.3, 0.4) is 0 Å². The highest BCUT2D eigenvalue weighted by Crippen LogP contribution is 2.51. The number of carbonyl (C=O) groups is 3. The zero-order valence-corrected chi connectivity index (χ0v) is 20.7. The number of carboxylic acid groups (broad SMARTS) is 2. The number of aliphatic carboxylic acids is 2. The largest absolute Gasteiger partial charge is 0.490 e. The van der Waals surface area contributed by atoms with E-state index in [1.165, 1.54) is 11.1 Å². The zero-order valence-electron chi connectivity index (χ0n) is 20.7. The second kappa shape index (κ2) is 12.6. The van der Waals surface area contributed by atoms with Crippen molar-refractivity contribution in [2.24, 2.45) is 5.92 Å². The number of fused-ring (bicyclic) bond motifs is 3. The number of rotatable bonds is 2. The fraction of sp³-hybridized carbons (Fsp3) is 0.440. The van der Waals surface area contributed by atoms with Gasteiger partial charge in [0.15, 0.2) is 0 Å². The van der Waals surface area contributed by atoms with Crippen LogP contribution in [-0.4, -0.2) is 94.6 Å². The number of amides is 1. The lowest BCUT2D eigenvalue weighted by atomic mass is 9.93. The van der Waals surface area contributed by atoms with Crippen molar-refractivity contribution >= 4 is 17.8 Å². The topological polar surface area (TPSA) is 120 Å². The lowest BCUT2D eigenvalue weighted by molar-refractivity contribution is -0.193. The van der Waals surface area contributed by atoms with Crippen LogP contribution in [0.4, 0.5) is 26.3 Å². The Hall–Kier alpha value is -3.72. The summed E-state index contributed by atoms with van der Waals surface area (Å²) in [6.45, 7) is 5.13. The van der Waals surface area contributed by atoms with Gasteiger partial charge in [0.05, 0.1) is 13.2 Å². The van der Waals surface area contributed by atoms with E-state index in [1.54, 1.807) is 6.20 Å². The van der Waals surface area contributed by atoms with Crippen molar-refractivity contribution in [2.45, 2.75) is 24.3 Å². The molecule has 15 heteroatoms. The summed E-state index contributed by atoms with van der Waals surface area (Å²) in [4.78, 5) is 39.5. The molecule has 2 N–H and O–H groups in total. The average Bonchev–Trinajstić information content (AvgIpc) is 3.46. The van der Waals surface area contributed by atoms with Crippen LogP contribution in [0.5, 0.6) is 0 Å². The number of carboxylic acids is 2. The Morgan fingerprint density at radius 2 is 1.35 bits per heavy atom. The molecule has 2 saturated heterocycles. The van der Waals surface area contributed by atoms with E-state index in [9.17, 15) is 31.1 Å². The van der Waals surface area contributed by atoms with Gasteiger partial charge in [0.2, 0.25) is 0 Å². The maximum Gasteiger partial charge on any atom is 0.490 e. The van der Waals surface area contributed by atoms with Gasteiger partial charge in [-0.3, -0.25) is 14.7 Å². The second-order valence-corrected chi connectivity index (χ2v) is 9.02. The SMILES string of the molecule is O=C(O)C(F)(F)F.O=C(O)C(F)(F)F.O=C(c1ccccn1)N1C[C@H]2[C@@H](C1)c1ccccc1[C@@H]2N1CCOCC1. The number of hydrogen-bond donors (Lipinski definition) is 2. The van der Waals surface area contributed by atoms with E-state index in [-0.39, 0.29) is 5.91 Å².